The Labute approximate surface area is 152 Å². The van der Waals surface area contributed by atoms with Crippen LogP contribution in [-0.4, -0.2) is 45.2 Å². The van der Waals surface area contributed by atoms with E-state index in [0.29, 0.717) is 13.0 Å². The molecule has 7 heteroatoms. The van der Waals surface area contributed by atoms with Crippen LogP contribution in [0, 0.1) is 5.92 Å². The fourth-order valence-corrected chi connectivity index (χ4v) is 6.71. The fourth-order valence-electron chi connectivity index (χ4n) is 3.07. The summed E-state index contributed by atoms with van der Waals surface area (Å²) in [5.41, 5.74) is 1.00. The Balaban J connectivity index is 2.38. The first-order valence-electron chi connectivity index (χ1n) is 8.66. The van der Waals surface area contributed by atoms with Crippen molar-refractivity contribution in [1.82, 2.24) is 4.31 Å². The number of hydrogen-bond acceptors (Lipinski definition) is 4. The van der Waals surface area contributed by atoms with Crippen LogP contribution in [0.5, 0.6) is 0 Å². The van der Waals surface area contributed by atoms with Gasteiger partial charge in [0.25, 0.3) is 0 Å². The third kappa shape index (κ3) is 4.83. The molecular weight excluding hydrogens is 358 g/mol. The number of rotatable bonds is 5. The largest absolute Gasteiger partial charge is 0.243 e. The van der Waals surface area contributed by atoms with Gasteiger partial charge >= 0.3 is 0 Å². The third-order valence-corrected chi connectivity index (χ3v) is 8.17. The molecule has 25 heavy (non-hydrogen) atoms. The van der Waals surface area contributed by atoms with E-state index in [4.69, 9.17) is 0 Å². The highest BCUT2D eigenvalue weighted by Gasteiger charge is 2.39. The molecule has 5 nitrogen and oxygen atoms in total. The van der Waals surface area contributed by atoms with Gasteiger partial charge in [-0.25, -0.2) is 16.8 Å². The molecule has 2 rings (SSSR count). The van der Waals surface area contributed by atoms with Gasteiger partial charge in [-0.3, -0.25) is 0 Å². The molecular formula is C18H29NO4S2. The van der Waals surface area contributed by atoms with Crippen molar-refractivity contribution in [3.8, 4) is 0 Å². The van der Waals surface area contributed by atoms with E-state index < -0.39 is 25.9 Å². The molecule has 0 spiro atoms. The highest BCUT2D eigenvalue weighted by atomic mass is 32.2. The summed E-state index contributed by atoms with van der Waals surface area (Å²) in [6.45, 7) is 10.4. The van der Waals surface area contributed by atoms with Crippen molar-refractivity contribution in [3.63, 3.8) is 0 Å². The number of hydrogen-bond donors (Lipinski definition) is 0. The molecule has 1 aliphatic rings. The van der Waals surface area contributed by atoms with Crippen molar-refractivity contribution >= 4 is 19.9 Å². The van der Waals surface area contributed by atoms with Crippen molar-refractivity contribution in [3.05, 3.63) is 29.8 Å². The van der Waals surface area contributed by atoms with E-state index in [1.54, 1.807) is 12.1 Å². The number of benzene rings is 1. The van der Waals surface area contributed by atoms with Crippen LogP contribution >= 0.6 is 0 Å². The molecule has 1 fully saturated rings. The average molecular weight is 388 g/mol. The molecule has 1 atom stereocenters. The van der Waals surface area contributed by atoms with E-state index in [1.807, 2.05) is 26.0 Å². The molecule has 0 saturated carbocycles. The monoisotopic (exact) mass is 387 g/mol. The van der Waals surface area contributed by atoms with Gasteiger partial charge in [-0.15, -0.1) is 0 Å². The van der Waals surface area contributed by atoms with Crippen molar-refractivity contribution in [2.45, 2.75) is 57.4 Å². The molecule has 1 aromatic carbocycles. The minimum Gasteiger partial charge on any atom is -0.229 e. The molecule has 0 aliphatic carbocycles. The summed E-state index contributed by atoms with van der Waals surface area (Å²) in [6.07, 6.45) is 0.369. The zero-order valence-corrected chi connectivity index (χ0v) is 17.3. The highest BCUT2D eigenvalue weighted by molar-refractivity contribution is 7.92. The second-order valence-electron chi connectivity index (χ2n) is 8.30. The van der Waals surface area contributed by atoms with E-state index in [0.717, 1.165) is 5.56 Å². The molecule has 0 N–H and O–H groups in total. The number of nitrogens with zero attached hydrogens (tertiary/aromatic N) is 1. The Morgan fingerprint density at radius 2 is 1.72 bits per heavy atom. The number of sulfonamides is 1. The standard InChI is InChI=1S/C18H29NO4S2/c1-14(2)12-19(16-10-11-24(20,21)13-16)25(22,23)17-8-6-15(7-9-17)18(3,4)5/h6-9,14,16H,10-13H2,1-5H3/t16-/m0/s1. The van der Waals surface area contributed by atoms with Gasteiger partial charge in [0.1, 0.15) is 0 Å². The van der Waals surface area contributed by atoms with E-state index in [1.165, 1.54) is 4.31 Å². The van der Waals surface area contributed by atoms with Gasteiger partial charge in [-0.1, -0.05) is 46.8 Å². The van der Waals surface area contributed by atoms with Gasteiger partial charge < -0.3 is 0 Å². The zero-order valence-electron chi connectivity index (χ0n) is 15.7. The average Bonchev–Trinajstić information content (AvgIpc) is 2.83. The zero-order chi connectivity index (χ0) is 19.0. The lowest BCUT2D eigenvalue weighted by Gasteiger charge is -2.29. The minimum atomic E-state index is -3.72. The molecule has 0 amide bonds. The SMILES string of the molecule is CC(C)CN([C@H]1CCS(=O)(=O)C1)S(=O)(=O)c1ccc(C(C)(C)C)cc1. The van der Waals surface area contributed by atoms with Crippen LogP contribution in [0.4, 0.5) is 0 Å². The summed E-state index contributed by atoms with van der Waals surface area (Å²) in [7, 11) is -6.87. The molecule has 0 aromatic heterocycles. The Kier molecular flexibility index (Phi) is 5.71. The van der Waals surface area contributed by atoms with Gasteiger partial charge in [-0.05, 0) is 35.4 Å². The first-order chi connectivity index (χ1) is 11.3. The predicted molar refractivity (Wildman–Crippen MR) is 101 cm³/mol. The Bertz CT molecular complexity index is 804. The molecule has 1 aliphatic heterocycles. The quantitative estimate of drug-likeness (QED) is 0.779. The minimum absolute atomic E-state index is 0.0561. The van der Waals surface area contributed by atoms with Crippen LogP contribution in [0.2, 0.25) is 0 Å². The van der Waals surface area contributed by atoms with Crippen LogP contribution in [0.3, 0.4) is 0 Å². The maximum Gasteiger partial charge on any atom is 0.243 e. The molecule has 142 valence electrons. The highest BCUT2D eigenvalue weighted by Crippen LogP contribution is 2.28. The first-order valence-corrected chi connectivity index (χ1v) is 11.9. The smallest absolute Gasteiger partial charge is 0.229 e. The van der Waals surface area contributed by atoms with Crippen molar-refractivity contribution in [2.75, 3.05) is 18.1 Å². The van der Waals surface area contributed by atoms with Gasteiger partial charge in [0.15, 0.2) is 9.84 Å². The van der Waals surface area contributed by atoms with Crippen LogP contribution in [-0.2, 0) is 25.3 Å². The predicted octanol–water partition coefficient (Wildman–Crippen LogP) is 2.82. The molecule has 0 radical (unpaired) electrons. The molecule has 1 saturated heterocycles. The normalized spacial score (nSPS) is 21.2. The fraction of sp³-hybridized carbons (Fsp3) is 0.667. The lowest BCUT2D eigenvalue weighted by Crippen LogP contribution is -2.43. The lowest BCUT2D eigenvalue weighted by atomic mass is 9.87. The Morgan fingerprint density at radius 1 is 1.16 bits per heavy atom. The maximum absolute atomic E-state index is 13.2. The summed E-state index contributed by atoms with van der Waals surface area (Å²) in [5.74, 6) is 0.0935. The Morgan fingerprint density at radius 3 is 2.12 bits per heavy atom. The van der Waals surface area contributed by atoms with Gasteiger partial charge in [0.05, 0.1) is 16.4 Å². The van der Waals surface area contributed by atoms with Crippen LogP contribution in [0.25, 0.3) is 0 Å². The van der Waals surface area contributed by atoms with Crippen LogP contribution in [0.15, 0.2) is 29.2 Å². The van der Waals surface area contributed by atoms with Crippen LogP contribution < -0.4 is 0 Å². The van der Waals surface area contributed by atoms with E-state index in [9.17, 15) is 16.8 Å². The summed E-state index contributed by atoms with van der Waals surface area (Å²) >= 11 is 0. The topological polar surface area (TPSA) is 71.5 Å². The summed E-state index contributed by atoms with van der Waals surface area (Å²) in [6, 6.07) is 6.47. The van der Waals surface area contributed by atoms with Crippen molar-refractivity contribution in [1.29, 1.82) is 0 Å². The van der Waals surface area contributed by atoms with E-state index in [-0.39, 0.29) is 27.7 Å². The second kappa shape index (κ2) is 7.00. The molecule has 1 heterocycles. The van der Waals surface area contributed by atoms with Crippen molar-refractivity contribution < 1.29 is 16.8 Å². The van der Waals surface area contributed by atoms with Gasteiger partial charge in [0, 0.05) is 12.6 Å². The summed E-state index contributed by atoms with van der Waals surface area (Å²) < 4.78 is 51.4. The number of sulfone groups is 1. The molecule has 1 aromatic rings. The van der Waals surface area contributed by atoms with Crippen LogP contribution in [0.1, 0.15) is 46.6 Å². The lowest BCUT2D eigenvalue weighted by molar-refractivity contribution is 0.308. The Hall–Kier alpha value is -0.920. The van der Waals surface area contributed by atoms with Crippen molar-refractivity contribution in [2.24, 2.45) is 5.92 Å². The first kappa shape index (κ1) is 20.4. The second-order valence-corrected chi connectivity index (χ2v) is 12.4. The van der Waals surface area contributed by atoms with E-state index in [2.05, 4.69) is 20.8 Å². The summed E-state index contributed by atoms with van der Waals surface area (Å²) in [5, 5.41) is 0. The van der Waals surface area contributed by atoms with E-state index >= 15 is 0 Å². The molecule has 0 unspecified atom stereocenters. The van der Waals surface area contributed by atoms with Gasteiger partial charge in [0.2, 0.25) is 10.0 Å². The summed E-state index contributed by atoms with van der Waals surface area (Å²) in [4.78, 5) is 0.227. The van der Waals surface area contributed by atoms with Gasteiger partial charge in [-0.2, -0.15) is 4.31 Å². The third-order valence-electron chi connectivity index (χ3n) is 4.49. The maximum atomic E-state index is 13.2. The molecule has 0 bridgehead atoms.